The summed E-state index contributed by atoms with van der Waals surface area (Å²) < 4.78 is 15.6. The van der Waals surface area contributed by atoms with Crippen LogP contribution in [-0.2, 0) is 6.42 Å². The molecule has 0 aliphatic carbocycles. The molecule has 0 saturated heterocycles. The van der Waals surface area contributed by atoms with Crippen LogP contribution in [0.1, 0.15) is 5.69 Å². The fraction of sp³-hybridized carbons (Fsp3) is 0.200. The molecular formula is C10H8BrClFN3. The van der Waals surface area contributed by atoms with E-state index in [0.29, 0.717) is 22.5 Å². The Bertz CT molecular complexity index is 480. The maximum absolute atomic E-state index is 13.6. The van der Waals surface area contributed by atoms with Gasteiger partial charge in [0, 0.05) is 16.8 Å². The van der Waals surface area contributed by atoms with Gasteiger partial charge < -0.3 is 0 Å². The summed E-state index contributed by atoms with van der Waals surface area (Å²) in [6.07, 6.45) is 2.29. The van der Waals surface area contributed by atoms with Crippen LogP contribution in [0.3, 0.4) is 0 Å². The SMILES string of the molecule is Fc1cccc(Br)c1-n1cc(CCCl)nn1. The summed E-state index contributed by atoms with van der Waals surface area (Å²) in [6.45, 7) is 0. The second kappa shape index (κ2) is 4.93. The number of hydrogen-bond donors (Lipinski definition) is 0. The van der Waals surface area contributed by atoms with E-state index in [-0.39, 0.29) is 5.82 Å². The third-order valence-corrected chi connectivity index (χ3v) is 2.89. The first kappa shape index (κ1) is 11.5. The van der Waals surface area contributed by atoms with E-state index in [1.807, 2.05) is 0 Å². The molecule has 0 fully saturated rings. The predicted molar refractivity (Wildman–Crippen MR) is 63.4 cm³/mol. The minimum Gasteiger partial charge on any atom is -0.216 e. The Morgan fingerprint density at radius 2 is 2.25 bits per heavy atom. The molecule has 0 bridgehead atoms. The Balaban J connectivity index is 2.42. The summed E-state index contributed by atoms with van der Waals surface area (Å²) >= 11 is 8.87. The van der Waals surface area contributed by atoms with Crippen LogP contribution >= 0.6 is 27.5 Å². The Labute approximate surface area is 105 Å². The average molecular weight is 305 g/mol. The van der Waals surface area contributed by atoms with Gasteiger partial charge in [0.25, 0.3) is 0 Å². The van der Waals surface area contributed by atoms with Crippen molar-refractivity contribution in [2.24, 2.45) is 0 Å². The third kappa shape index (κ3) is 2.25. The number of alkyl halides is 1. The van der Waals surface area contributed by atoms with Crippen molar-refractivity contribution in [2.75, 3.05) is 5.88 Å². The van der Waals surface area contributed by atoms with Crippen molar-refractivity contribution in [3.8, 4) is 5.69 Å². The predicted octanol–water partition coefficient (Wildman–Crippen LogP) is 2.95. The zero-order valence-electron chi connectivity index (χ0n) is 8.20. The normalized spacial score (nSPS) is 10.7. The number of aryl methyl sites for hydroxylation is 1. The van der Waals surface area contributed by atoms with Crippen LogP contribution in [-0.4, -0.2) is 20.9 Å². The lowest BCUT2D eigenvalue weighted by atomic mass is 10.3. The Kier molecular flexibility index (Phi) is 3.56. The molecule has 0 amide bonds. The summed E-state index contributed by atoms with van der Waals surface area (Å²) in [5.41, 5.74) is 1.10. The summed E-state index contributed by atoms with van der Waals surface area (Å²) in [5.74, 6) is 0.119. The fourth-order valence-corrected chi connectivity index (χ4v) is 2.04. The second-order valence-corrected chi connectivity index (χ2v) is 4.40. The van der Waals surface area contributed by atoms with E-state index in [9.17, 15) is 4.39 Å². The highest BCUT2D eigenvalue weighted by Crippen LogP contribution is 2.23. The van der Waals surface area contributed by atoms with Crippen molar-refractivity contribution in [1.82, 2.24) is 15.0 Å². The van der Waals surface area contributed by atoms with E-state index in [2.05, 4.69) is 26.2 Å². The van der Waals surface area contributed by atoms with Crippen LogP contribution in [0.25, 0.3) is 5.69 Å². The minimum absolute atomic E-state index is 0.350. The van der Waals surface area contributed by atoms with Gasteiger partial charge in [-0.25, -0.2) is 9.07 Å². The van der Waals surface area contributed by atoms with Gasteiger partial charge in [-0.1, -0.05) is 11.3 Å². The smallest absolute Gasteiger partial charge is 0.150 e. The molecule has 2 rings (SSSR count). The number of halogens is 3. The number of para-hydroxylation sites is 1. The summed E-state index contributed by atoms with van der Waals surface area (Å²) in [5, 5.41) is 7.77. The molecule has 0 atom stereocenters. The van der Waals surface area contributed by atoms with Crippen LogP contribution in [0.4, 0.5) is 4.39 Å². The van der Waals surface area contributed by atoms with Crippen LogP contribution in [0.5, 0.6) is 0 Å². The maximum Gasteiger partial charge on any atom is 0.150 e. The summed E-state index contributed by atoms with van der Waals surface area (Å²) in [4.78, 5) is 0. The highest BCUT2D eigenvalue weighted by molar-refractivity contribution is 9.10. The van der Waals surface area contributed by atoms with E-state index in [1.165, 1.54) is 10.7 Å². The monoisotopic (exact) mass is 303 g/mol. The molecule has 0 unspecified atom stereocenters. The Hall–Kier alpha value is -0.940. The second-order valence-electron chi connectivity index (χ2n) is 3.16. The van der Waals surface area contributed by atoms with E-state index < -0.39 is 0 Å². The molecule has 1 aromatic heterocycles. The zero-order valence-corrected chi connectivity index (χ0v) is 10.5. The van der Waals surface area contributed by atoms with Crippen LogP contribution in [0.2, 0.25) is 0 Å². The van der Waals surface area contributed by atoms with Gasteiger partial charge >= 0.3 is 0 Å². The molecule has 6 heteroatoms. The van der Waals surface area contributed by atoms with Gasteiger partial charge in [0.1, 0.15) is 11.5 Å². The zero-order chi connectivity index (χ0) is 11.5. The van der Waals surface area contributed by atoms with E-state index >= 15 is 0 Å². The van der Waals surface area contributed by atoms with Gasteiger partial charge in [-0.05, 0) is 28.1 Å². The first-order valence-corrected chi connectivity index (χ1v) is 5.96. The highest BCUT2D eigenvalue weighted by atomic mass is 79.9. The molecule has 16 heavy (non-hydrogen) atoms. The lowest BCUT2D eigenvalue weighted by Crippen LogP contribution is -1.99. The van der Waals surface area contributed by atoms with Gasteiger partial charge in [-0.2, -0.15) is 0 Å². The summed E-state index contributed by atoms with van der Waals surface area (Å²) in [7, 11) is 0. The number of rotatable bonds is 3. The van der Waals surface area contributed by atoms with E-state index in [4.69, 9.17) is 11.6 Å². The largest absolute Gasteiger partial charge is 0.216 e. The molecule has 2 aromatic rings. The lowest BCUT2D eigenvalue weighted by Gasteiger charge is -2.03. The molecule has 0 aliphatic rings. The van der Waals surface area contributed by atoms with Gasteiger partial charge in [-0.15, -0.1) is 16.7 Å². The Morgan fingerprint density at radius 1 is 1.44 bits per heavy atom. The fourth-order valence-electron chi connectivity index (χ4n) is 1.33. The summed E-state index contributed by atoms with van der Waals surface area (Å²) in [6, 6.07) is 4.75. The van der Waals surface area contributed by atoms with Crippen LogP contribution in [0.15, 0.2) is 28.9 Å². The Morgan fingerprint density at radius 3 is 2.94 bits per heavy atom. The van der Waals surface area contributed by atoms with Gasteiger partial charge in [0.2, 0.25) is 0 Å². The van der Waals surface area contributed by atoms with Crippen molar-refractivity contribution in [3.05, 3.63) is 40.4 Å². The molecule has 0 spiro atoms. The molecule has 0 N–H and O–H groups in total. The first-order valence-electron chi connectivity index (χ1n) is 4.64. The third-order valence-electron chi connectivity index (χ3n) is 2.06. The van der Waals surface area contributed by atoms with Crippen LogP contribution < -0.4 is 0 Å². The van der Waals surface area contributed by atoms with Gasteiger partial charge in [0.15, 0.2) is 0 Å². The molecule has 0 aliphatic heterocycles. The number of benzene rings is 1. The van der Waals surface area contributed by atoms with E-state index in [0.717, 1.165) is 5.69 Å². The number of hydrogen-bond acceptors (Lipinski definition) is 2. The highest BCUT2D eigenvalue weighted by Gasteiger charge is 2.10. The molecule has 0 saturated carbocycles. The van der Waals surface area contributed by atoms with Crippen molar-refractivity contribution >= 4 is 27.5 Å². The van der Waals surface area contributed by atoms with Crippen molar-refractivity contribution < 1.29 is 4.39 Å². The minimum atomic E-state index is -0.350. The standard InChI is InChI=1S/C10H8BrClFN3/c11-8-2-1-3-9(13)10(8)16-6-7(4-5-12)14-15-16/h1-3,6H,4-5H2. The first-order chi connectivity index (χ1) is 7.72. The maximum atomic E-state index is 13.6. The molecule has 84 valence electrons. The van der Waals surface area contributed by atoms with E-state index in [1.54, 1.807) is 18.3 Å². The average Bonchev–Trinajstić information content (AvgIpc) is 2.67. The van der Waals surface area contributed by atoms with Crippen LogP contribution in [0, 0.1) is 5.82 Å². The van der Waals surface area contributed by atoms with Crippen molar-refractivity contribution in [3.63, 3.8) is 0 Å². The van der Waals surface area contributed by atoms with Crippen molar-refractivity contribution in [1.29, 1.82) is 0 Å². The molecule has 1 heterocycles. The number of aromatic nitrogens is 3. The quantitative estimate of drug-likeness (QED) is 0.816. The molecule has 3 nitrogen and oxygen atoms in total. The topological polar surface area (TPSA) is 30.7 Å². The van der Waals surface area contributed by atoms with Gasteiger partial charge in [0.05, 0.1) is 11.9 Å². The molecule has 0 radical (unpaired) electrons. The van der Waals surface area contributed by atoms with Gasteiger partial charge in [-0.3, -0.25) is 0 Å². The molecule has 1 aromatic carbocycles. The van der Waals surface area contributed by atoms with Crippen molar-refractivity contribution in [2.45, 2.75) is 6.42 Å². The lowest BCUT2D eigenvalue weighted by molar-refractivity contribution is 0.605. The molecular weight excluding hydrogens is 296 g/mol. The number of nitrogens with zero attached hydrogens (tertiary/aromatic N) is 3.